The van der Waals surface area contributed by atoms with Gasteiger partial charge in [0.1, 0.15) is 22.5 Å². The number of benzene rings is 2. The van der Waals surface area contributed by atoms with Crippen LogP contribution in [0.3, 0.4) is 0 Å². The molecule has 1 aromatic heterocycles. The molecule has 0 saturated heterocycles. The first-order valence-corrected chi connectivity index (χ1v) is 7.06. The van der Waals surface area contributed by atoms with E-state index in [1.807, 2.05) is 0 Å². The SMILES string of the molecule is C=CCC(=O)c1ccc2nn(-c3cc(CO)ccc3O)nc2c1. The topological polar surface area (TPSA) is 88.2 Å². The third-order valence-electron chi connectivity index (χ3n) is 3.47. The van der Waals surface area contributed by atoms with Gasteiger partial charge in [0.25, 0.3) is 0 Å². The molecule has 0 fully saturated rings. The minimum absolute atomic E-state index is 0.00506. The van der Waals surface area contributed by atoms with Gasteiger partial charge < -0.3 is 10.2 Å². The zero-order valence-electron chi connectivity index (χ0n) is 12.3. The first kappa shape index (κ1) is 14.9. The molecule has 116 valence electrons. The van der Waals surface area contributed by atoms with Crippen LogP contribution in [0.15, 0.2) is 49.1 Å². The molecule has 0 radical (unpaired) electrons. The number of ketones is 1. The number of carbonyl (C=O) groups excluding carboxylic acids is 1. The van der Waals surface area contributed by atoms with Gasteiger partial charge in [-0.1, -0.05) is 12.1 Å². The van der Waals surface area contributed by atoms with Gasteiger partial charge >= 0.3 is 0 Å². The lowest BCUT2D eigenvalue weighted by Crippen LogP contribution is -2.00. The zero-order chi connectivity index (χ0) is 16.4. The van der Waals surface area contributed by atoms with E-state index in [0.29, 0.717) is 27.8 Å². The second-order valence-electron chi connectivity index (χ2n) is 5.09. The summed E-state index contributed by atoms with van der Waals surface area (Å²) in [6.45, 7) is 3.41. The van der Waals surface area contributed by atoms with E-state index in [1.165, 1.54) is 10.9 Å². The molecule has 0 aliphatic heterocycles. The largest absolute Gasteiger partial charge is 0.506 e. The number of rotatable bonds is 5. The Morgan fingerprint density at radius 1 is 1.17 bits per heavy atom. The van der Waals surface area contributed by atoms with E-state index in [0.717, 1.165) is 0 Å². The van der Waals surface area contributed by atoms with Crippen LogP contribution in [0, 0.1) is 0 Å². The van der Waals surface area contributed by atoms with Crippen LogP contribution < -0.4 is 0 Å². The maximum absolute atomic E-state index is 11.9. The molecular formula is C17H15N3O3. The van der Waals surface area contributed by atoms with Crippen molar-refractivity contribution in [2.75, 3.05) is 0 Å². The summed E-state index contributed by atoms with van der Waals surface area (Å²) >= 11 is 0. The number of allylic oxidation sites excluding steroid dienone is 1. The molecule has 3 aromatic rings. The summed E-state index contributed by atoms with van der Waals surface area (Å²) in [5, 5.41) is 27.8. The highest BCUT2D eigenvalue weighted by Gasteiger charge is 2.12. The Bertz CT molecular complexity index is 899. The third kappa shape index (κ3) is 2.84. The number of aliphatic hydroxyl groups excluding tert-OH is 1. The predicted octanol–water partition coefficient (Wildman–Crippen LogP) is 2.38. The highest BCUT2D eigenvalue weighted by molar-refractivity contribution is 5.99. The van der Waals surface area contributed by atoms with E-state index in [9.17, 15) is 15.0 Å². The van der Waals surface area contributed by atoms with Crippen LogP contribution in [0.1, 0.15) is 22.3 Å². The quantitative estimate of drug-likeness (QED) is 0.558. The van der Waals surface area contributed by atoms with Gasteiger partial charge in [-0.25, -0.2) is 0 Å². The highest BCUT2D eigenvalue weighted by atomic mass is 16.3. The average molecular weight is 309 g/mol. The Kier molecular flexibility index (Phi) is 3.91. The summed E-state index contributed by atoms with van der Waals surface area (Å²) in [6, 6.07) is 9.77. The number of aromatic nitrogens is 3. The van der Waals surface area contributed by atoms with Crippen molar-refractivity contribution >= 4 is 16.8 Å². The molecule has 2 aromatic carbocycles. The number of fused-ring (bicyclic) bond motifs is 1. The summed E-state index contributed by atoms with van der Waals surface area (Å²) in [5.74, 6) is -0.0351. The maximum Gasteiger partial charge on any atom is 0.166 e. The number of phenols is 1. The van der Waals surface area contributed by atoms with Crippen molar-refractivity contribution in [2.24, 2.45) is 0 Å². The lowest BCUT2D eigenvalue weighted by molar-refractivity contribution is 0.0996. The van der Waals surface area contributed by atoms with Crippen molar-refractivity contribution in [2.45, 2.75) is 13.0 Å². The fourth-order valence-electron chi connectivity index (χ4n) is 2.27. The van der Waals surface area contributed by atoms with Crippen LogP contribution in [-0.2, 0) is 6.61 Å². The van der Waals surface area contributed by atoms with Gasteiger partial charge in [0.15, 0.2) is 5.78 Å². The number of aromatic hydroxyl groups is 1. The van der Waals surface area contributed by atoms with Gasteiger partial charge in [-0.3, -0.25) is 4.79 Å². The number of hydrogen-bond acceptors (Lipinski definition) is 5. The Balaban J connectivity index is 2.06. The molecule has 0 aliphatic rings. The summed E-state index contributed by atoms with van der Waals surface area (Å²) < 4.78 is 0. The van der Waals surface area contributed by atoms with E-state index in [4.69, 9.17) is 0 Å². The van der Waals surface area contributed by atoms with Crippen molar-refractivity contribution in [1.29, 1.82) is 0 Å². The summed E-state index contributed by atoms with van der Waals surface area (Å²) in [5.41, 5.74) is 2.70. The second kappa shape index (κ2) is 6.02. The molecule has 0 amide bonds. The number of carbonyl (C=O) groups is 1. The van der Waals surface area contributed by atoms with Gasteiger partial charge in [0, 0.05) is 12.0 Å². The Morgan fingerprint density at radius 2 is 1.96 bits per heavy atom. The molecule has 0 atom stereocenters. The molecule has 2 N–H and O–H groups in total. The van der Waals surface area contributed by atoms with Crippen molar-refractivity contribution in [3.63, 3.8) is 0 Å². The van der Waals surface area contributed by atoms with E-state index in [1.54, 1.807) is 36.4 Å². The fourth-order valence-corrected chi connectivity index (χ4v) is 2.27. The van der Waals surface area contributed by atoms with E-state index in [2.05, 4.69) is 16.8 Å². The molecule has 0 unspecified atom stereocenters. The van der Waals surface area contributed by atoms with Crippen LogP contribution in [0.25, 0.3) is 16.7 Å². The summed E-state index contributed by atoms with van der Waals surface area (Å²) in [4.78, 5) is 13.2. The first-order valence-electron chi connectivity index (χ1n) is 7.06. The van der Waals surface area contributed by atoms with Crippen molar-refractivity contribution in [3.8, 4) is 11.4 Å². The van der Waals surface area contributed by atoms with Crippen LogP contribution in [0.5, 0.6) is 5.75 Å². The highest BCUT2D eigenvalue weighted by Crippen LogP contribution is 2.23. The average Bonchev–Trinajstić information content (AvgIpc) is 2.98. The van der Waals surface area contributed by atoms with Gasteiger partial charge in [0.05, 0.1) is 6.61 Å². The van der Waals surface area contributed by atoms with E-state index in [-0.39, 0.29) is 24.6 Å². The number of Topliss-reactive ketones (excluding diaryl/α,β-unsaturated/α-hetero) is 1. The Hall–Kier alpha value is -2.99. The number of aliphatic hydroxyl groups is 1. The monoisotopic (exact) mass is 309 g/mol. The maximum atomic E-state index is 11.9. The van der Waals surface area contributed by atoms with Gasteiger partial charge in [0.2, 0.25) is 0 Å². The smallest absolute Gasteiger partial charge is 0.166 e. The molecule has 0 aliphatic carbocycles. The standard InChI is InChI=1S/C17H15N3O3/c1-2-3-16(22)12-5-6-13-14(9-12)19-20(18-13)15-8-11(10-21)4-7-17(15)23/h2,4-9,21,23H,1,3,10H2. The zero-order valence-corrected chi connectivity index (χ0v) is 12.3. The minimum atomic E-state index is -0.145. The number of phenolic OH excluding ortho intramolecular Hbond substituents is 1. The van der Waals surface area contributed by atoms with Crippen molar-refractivity contribution in [1.82, 2.24) is 15.0 Å². The predicted molar refractivity (Wildman–Crippen MR) is 85.6 cm³/mol. The van der Waals surface area contributed by atoms with Crippen LogP contribution in [0.2, 0.25) is 0 Å². The van der Waals surface area contributed by atoms with Crippen LogP contribution in [0.4, 0.5) is 0 Å². The first-order chi connectivity index (χ1) is 11.1. The lowest BCUT2D eigenvalue weighted by Gasteiger charge is -2.04. The van der Waals surface area contributed by atoms with Gasteiger partial charge in [-0.2, -0.15) is 0 Å². The van der Waals surface area contributed by atoms with Crippen molar-refractivity contribution < 1.29 is 15.0 Å². The van der Waals surface area contributed by atoms with Crippen molar-refractivity contribution in [3.05, 3.63) is 60.2 Å². The Morgan fingerprint density at radius 3 is 2.70 bits per heavy atom. The molecule has 0 saturated carbocycles. The molecule has 3 rings (SSSR count). The van der Waals surface area contributed by atoms with Gasteiger partial charge in [-0.05, 0) is 35.9 Å². The third-order valence-corrected chi connectivity index (χ3v) is 3.47. The molecule has 23 heavy (non-hydrogen) atoms. The summed E-state index contributed by atoms with van der Waals surface area (Å²) in [6.07, 6.45) is 1.82. The molecule has 1 heterocycles. The lowest BCUT2D eigenvalue weighted by atomic mass is 10.1. The molecule has 0 bridgehead atoms. The fraction of sp³-hybridized carbons (Fsp3) is 0.118. The minimum Gasteiger partial charge on any atom is -0.506 e. The number of hydrogen-bond donors (Lipinski definition) is 2. The number of nitrogens with zero attached hydrogens (tertiary/aromatic N) is 3. The molecule has 6 heteroatoms. The Labute approximate surface area is 132 Å². The second-order valence-corrected chi connectivity index (χ2v) is 5.09. The van der Waals surface area contributed by atoms with E-state index >= 15 is 0 Å². The summed E-state index contributed by atoms with van der Waals surface area (Å²) in [7, 11) is 0. The molecule has 0 spiro atoms. The molecule has 6 nitrogen and oxygen atoms in total. The van der Waals surface area contributed by atoms with E-state index < -0.39 is 0 Å². The van der Waals surface area contributed by atoms with Gasteiger partial charge in [-0.15, -0.1) is 21.6 Å². The molecular weight excluding hydrogens is 294 g/mol. The normalized spacial score (nSPS) is 10.8. The van der Waals surface area contributed by atoms with Crippen LogP contribution in [-0.4, -0.2) is 31.0 Å². The van der Waals surface area contributed by atoms with Crippen LogP contribution >= 0.6 is 0 Å².